The van der Waals surface area contributed by atoms with Crippen molar-refractivity contribution in [3.63, 3.8) is 0 Å². The Morgan fingerprint density at radius 1 is 1.38 bits per heavy atom. The predicted octanol–water partition coefficient (Wildman–Crippen LogP) is 1.96. The van der Waals surface area contributed by atoms with E-state index in [1.165, 1.54) is 5.56 Å². The maximum absolute atomic E-state index is 5.37. The minimum atomic E-state index is 0.778. The molecule has 0 atom stereocenters. The second kappa shape index (κ2) is 7.80. The number of aromatic nitrogens is 2. The van der Waals surface area contributed by atoms with Crippen LogP contribution in [-0.2, 0) is 6.54 Å². The van der Waals surface area contributed by atoms with E-state index in [1.807, 2.05) is 31.6 Å². The molecule has 0 spiro atoms. The fraction of sp³-hybridized carbons (Fsp3) is 0.700. The quantitative estimate of drug-likeness (QED) is 0.725. The van der Waals surface area contributed by atoms with Crippen LogP contribution >= 0.6 is 0 Å². The summed E-state index contributed by atoms with van der Waals surface area (Å²) in [5.41, 5.74) is 6.59. The Bertz CT molecular complexity index is 206. The minimum Gasteiger partial charge on any atom is -0.330 e. The van der Waals surface area contributed by atoms with Crippen LogP contribution in [0, 0.1) is 6.92 Å². The van der Waals surface area contributed by atoms with Crippen molar-refractivity contribution in [1.82, 2.24) is 9.78 Å². The molecule has 76 valence electrons. The van der Waals surface area contributed by atoms with Gasteiger partial charge in [-0.15, -0.1) is 0 Å². The third-order valence-electron chi connectivity index (χ3n) is 1.60. The molecule has 0 aliphatic carbocycles. The number of nitrogens with two attached hydrogens (primary N) is 1. The van der Waals surface area contributed by atoms with E-state index in [0.717, 1.165) is 25.9 Å². The van der Waals surface area contributed by atoms with Crippen molar-refractivity contribution in [2.45, 2.75) is 40.2 Å². The molecule has 3 nitrogen and oxygen atoms in total. The highest BCUT2D eigenvalue weighted by Crippen LogP contribution is 1.96. The highest BCUT2D eigenvalue weighted by Gasteiger charge is 1.92. The monoisotopic (exact) mass is 183 g/mol. The topological polar surface area (TPSA) is 43.8 Å². The van der Waals surface area contributed by atoms with Crippen LogP contribution in [-0.4, -0.2) is 16.3 Å². The van der Waals surface area contributed by atoms with Crippen molar-refractivity contribution in [1.29, 1.82) is 0 Å². The van der Waals surface area contributed by atoms with Gasteiger partial charge >= 0.3 is 0 Å². The fourth-order valence-corrected chi connectivity index (χ4v) is 1.01. The van der Waals surface area contributed by atoms with E-state index in [-0.39, 0.29) is 0 Å². The minimum absolute atomic E-state index is 0.778. The zero-order valence-electron chi connectivity index (χ0n) is 8.95. The lowest BCUT2D eigenvalue weighted by Crippen LogP contribution is -2.03. The van der Waals surface area contributed by atoms with E-state index in [0.29, 0.717) is 0 Å². The summed E-state index contributed by atoms with van der Waals surface area (Å²) in [4.78, 5) is 0. The average Bonchev–Trinajstić information content (AvgIpc) is 2.56. The molecule has 13 heavy (non-hydrogen) atoms. The van der Waals surface area contributed by atoms with Crippen molar-refractivity contribution in [3.05, 3.63) is 18.0 Å². The van der Waals surface area contributed by atoms with Gasteiger partial charge in [0.1, 0.15) is 0 Å². The van der Waals surface area contributed by atoms with Gasteiger partial charge in [-0.05, 0) is 31.9 Å². The third kappa shape index (κ3) is 5.42. The first kappa shape index (κ1) is 12.2. The van der Waals surface area contributed by atoms with Crippen molar-refractivity contribution >= 4 is 0 Å². The molecule has 1 rings (SSSR count). The van der Waals surface area contributed by atoms with Gasteiger partial charge in [0.2, 0.25) is 0 Å². The molecular formula is C10H21N3. The lowest BCUT2D eigenvalue weighted by Gasteiger charge is -1.98. The van der Waals surface area contributed by atoms with Crippen LogP contribution < -0.4 is 5.73 Å². The average molecular weight is 183 g/mol. The van der Waals surface area contributed by atoms with E-state index < -0.39 is 0 Å². The summed E-state index contributed by atoms with van der Waals surface area (Å²) in [6, 6.07) is 0. The Balaban J connectivity index is 0.000000671. The first-order chi connectivity index (χ1) is 6.33. The summed E-state index contributed by atoms with van der Waals surface area (Å²) in [7, 11) is 0. The largest absolute Gasteiger partial charge is 0.330 e. The summed E-state index contributed by atoms with van der Waals surface area (Å²) in [6.45, 7) is 7.82. The Morgan fingerprint density at radius 2 is 2.08 bits per heavy atom. The molecule has 0 fully saturated rings. The van der Waals surface area contributed by atoms with Gasteiger partial charge in [-0.25, -0.2) is 0 Å². The van der Waals surface area contributed by atoms with Crippen LogP contribution in [0.1, 0.15) is 32.3 Å². The molecule has 0 saturated carbocycles. The zero-order valence-corrected chi connectivity index (χ0v) is 8.95. The third-order valence-corrected chi connectivity index (χ3v) is 1.60. The maximum Gasteiger partial charge on any atom is 0.0518 e. The van der Waals surface area contributed by atoms with E-state index in [2.05, 4.69) is 11.3 Å². The summed E-state index contributed by atoms with van der Waals surface area (Å²) in [5.74, 6) is 0. The van der Waals surface area contributed by atoms with Gasteiger partial charge in [0.25, 0.3) is 0 Å². The normalized spacial score (nSPS) is 9.23. The lowest BCUT2D eigenvalue weighted by atomic mass is 10.3. The molecular weight excluding hydrogens is 162 g/mol. The number of hydrogen-bond donors (Lipinski definition) is 1. The second-order valence-corrected chi connectivity index (χ2v) is 2.78. The molecule has 0 aliphatic rings. The molecule has 1 aromatic heterocycles. The van der Waals surface area contributed by atoms with E-state index >= 15 is 0 Å². The number of rotatable bonds is 4. The van der Waals surface area contributed by atoms with Crippen molar-refractivity contribution < 1.29 is 0 Å². The first-order valence-corrected chi connectivity index (χ1v) is 5.02. The van der Waals surface area contributed by atoms with Gasteiger partial charge < -0.3 is 5.73 Å². The molecule has 1 aromatic rings. The van der Waals surface area contributed by atoms with Gasteiger partial charge in [0.15, 0.2) is 0 Å². The molecule has 0 radical (unpaired) electrons. The molecule has 0 amide bonds. The smallest absolute Gasteiger partial charge is 0.0518 e. The molecule has 3 heteroatoms. The Kier molecular flexibility index (Phi) is 7.30. The Morgan fingerprint density at radius 3 is 2.54 bits per heavy atom. The SMILES string of the molecule is CC.Cc1cnn(CCCCN)c1. The van der Waals surface area contributed by atoms with Crippen LogP contribution in [0.4, 0.5) is 0 Å². The molecule has 2 N–H and O–H groups in total. The van der Waals surface area contributed by atoms with Crippen LogP contribution in [0.2, 0.25) is 0 Å². The van der Waals surface area contributed by atoms with Gasteiger partial charge in [0.05, 0.1) is 6.20 Å². The molecule has 1 heterocycles. The van der Waals surface area contributed by atoms with E-state index in [1.54, 1.807) is 0 Å². The molecule has 0 saturated heterocycles. The standard InChI is InChI=1S/C8H15N3.C2H6/c1-8-6-10-11(7-8)5-3-2-4-9;1-2/h6-7H,2-5,9H2,1H3;1-2H3. The molecule has 0 bridgehead atoms. The number of hydrogen-bond acceptors (Lipinski definition) is 2. The summed E-state index contributed by atoms with van der Waals surface area (Å²) < 4.78 is 1.96. The summed E-state index contributed by atoms with van der Waals surface area (Å²) in [5, 5.41) is 4.16. The van der Waals surface area contributed by atoms with Crippen molar-refractivity contribution in [2.24, 2.45) is 5.73 Å². The lowest BCUT2D eigenvalue weighted by molar-refractivity contribution is 0.561. The van der Waals surface area contributed by atoms with Crippen LogP contribution in [0.5, 0.6) is 0 Å². The predicted molar refractivity (Wildman–Crippen MR) is 56.6 cm³/mol. The summed E-state index contributed by atoms with van der Waals surface area (Å²) in [6.07, 6.45) is 6.13. The Hall–Kier alpha value is -0.830. The van der Waals surface area contributed by atoms with E-state index in [4.69, 9.17) is 5.73 Å². The number of aryl methyl sites for hydroxylation is 2. The maximum atomic E-state index is 5.37. The number of unbranched alkanes of at least 4 members (excludes halogenated alkanes) is 1. The van der Waals surface area contributed by atoms with Gasteiger partial charge in [-0.2, -0.15) is 5.10 Å². The first-order valence-electron chi connectivity index (χ1n) is 5.02. The fourth-order valence-electron chi connectivity index (χ4n) is 1.01. The molecule has 0 aromatic carbocycles. The van der Waals surface area contributed by atoms with Gasteiger partial charge in [-0.1, -0.05) is 13.8 Å². The molecule has 0 aliphatic heterocycles. The molecule has 0 unspecified atom stereocenters. The zero-order chi connectivity index (χ0) is 10.1. The summed E-state index contributed by atoms with van der Waals surface area (Å²) >= 11 is 0. The highest BCUT2D eigenvalue weighted by molar-refractivity contribution is 4.99. The Labute approximate surface area is 80.9 Å². The van der Waals surface area contributed by atoms with Crippen LogP contribution in [0.15, 0.2) is 12.4 Å². The number of nitrogens with zero attached hydrogens (tertiary/aromatic N) is 2. The highest BCUT2D eigenvalue weighted by atomic mass is 15.3. The van der Waals surface area contributed by atoms with Gasteiger partial charge in [-0.3, -0.25) is 4.68 Å². The van der Waals surface area contributed by atoms with Crippen LogP contribution in [0.25, 0.3) is 0 Å². The van der Waals surface area contributed by atoms with E-state index in [9.17, 15) is 0 Å². The van der Waals surface area contributed by atoms with Crippen LogP contribution in [0.3, 0.4) is 0 Å². The van der Waals surface area contributed by atoms with Crippen molar-refractivity contribution in [2.75, 3.05) is 6.54 Å². The van der Waals surface area contributed by atoms with Crippen molar-refractivity contribution in [3.8, 4) is 0 Å². The second-order valence-electron chi connectivity index (χ2n) is 2.78. The van der Waals surface area contributed by atoms with Gasteiger partial charge in [0, 0.05) is 12.7 Å².